The summed E-state index contributed by atoms with van der Waals surface area (Å²) >= 11 is 1.72. The van der Waals surface area contributed by atoms with Crippen molar-refractivity contribution in [3.63, 3.8) is 0 Å². The zero-order valence-corrected chi connectivity index (χ0v) is 12.0. The number of fused-ring (bicyclic) bond motifs is 3. The Morgan fingerprint density at radius 1 is 1.37 bits per heavy atom. The van der Waals surface area contributed by atoms with Gasteiger partial charge in [0.1, 0.15) is 0 Å². The Labute approximate surface area is 116 Å². The number of aryl methyl sites for hydroxylation is 2. The molecule has 0 amide bonds. The molecule has 19 heavy (non-hydrogen) atoms. The Morgan fingerprint density at radius 3 is 2.95 bits per heavy atom. The second kappa shape index (κ2) is 5.33. The molecule has 0 fully saturated rings. The normalized spacial score (nSPS) is 15.8. The van der Waals surface area contributed by atoms with Gasteiger partial charge in [-0.1, -0.05) is 12.8 Å². The standard InChI is InChI=1S/C14H18N2O2S/c1-2-18-13(17)10-9-16-11-7-5-3-4-6-8-12(11)19-14(16)15-10/h9H,2-8H2,1H3. The molecule has 2 heterocycles. The van der Waals surface area contributed by atoms with E-state index in [1.165, 1.54) is 36.3 Å². The number of thiazole rings is 1. The first-order chi connectivity index (χ1) is 9.29. The second-order valence-corrected chi connectivity index (χ2v) is 5.95. The van der Waals surface area contributed by atoms with E-state index in [1.807, 2.05) is 13.1 Å². The molecule has 4 nitrogen and oxygen atoms in total. The molecule has 0 aliphatic heterocycles. The summed E-state index contributed by atoms with van der Waals surface area (Å²) in [5.74, 6) is -0.321. The summed E-state index contributed by atoms with van der Waals surface area (Å²) in [5, 5.41) is 0. The van der Waals surface area contributed by atoms with Gasteiger partial charge in [-0.15, -0.1) is 11.3 Å². The Hall–Kier alpha value is -1.36. The summed E-state index contributed by atoms with van der Waals surface area (Å²) in [6, 6.07) is 0. The van der Waals surface area contributed by atoms with Crippen molar-refractivity contribution in [2.75, 3.05) is 6.61 Å². The maximum Gasteiger partial charge on any atom is 0.358 e. The molecular formula is C14H18N2O2S. The highest BCUT2D eigenvalue weighted by molar-refractivity contribution is 7.17. The van der Waals surface area contributed by atoms with Gasteiger partial charge < -0.3 is 4.74 Å². The fraction of sp³-hybridized carbons (Fsp3) is 0.571. The Balaban J connectivity index is 1.98. The predicted molar refractivity (Wildman–Crippen MR) is 74.9 cm³/mol. The lowest BCUT2D eigenvalue weighted by Crippen LogP contribution is -2.05. The quantitative estimate of drug-likeness (QED) is 0.792. The van der Waals surface area contributed by atoms with Crippen LogP contribution in [0, 0.1) is 0 Å². The largest absolute Gasteiger partial charge is 0.461 e. The van der Waals surface area contributed by atoms with Gasteiger partial charge in [0.05, 0.1) is 6.61 Å². The first-order valence-corrected chi connectivity index (χ1v) is 7.78. The summed E-state index contributed by atoms with van der Waals surface area (Å²) in [7, 11) is 0. The van der Waals surface area contributed by atoms with Crippen molar-refractivity contribution >= 4 is 22.3 Å². The number of carbonyl (C=O) groups excluding carboxylic acids is 1. The molecule has 102 valence electrons. The molecule has 0 N–H and O–H groups in total. The number of carbonyl (C=O) groups is 1. The fourth-order valence-electron chi connectivity index (χ4n) is 2.62. The van der Waals surface area contributed by atoms with Crippen LogP contribution in [0.3, 0.4) is 0 Å². The van der Waals surface area contributed by atoms with E-state index in [0.717, 1.165) is 17.8 Å². The van der Waals surface area contributed by atoms with E-state index in [9.17, 15) is 4.79 Å². The van der Waals surface area contributed by atoms with Crippen LogP contribution in [0.25, 0.3) is 4.96 Å². The fourth-order valence-corrected chi connectivity index (χ4v) is 3.81. The van der Waals surface area contributed by atoms with Crippen LogP contribution >= 0.6 is 11.3 Å². The van der Waals surface area contributed by atoms with Crippen molar-refractivity contribution in [3.8, 4) is 0 Å². The van der Waals surface area contributed by atoms with Gasteiger partial charge in [0.25, 0.3) is 0 Å². The van der Waals surface area contributed by atoms with E-state index in [0.29, 0.717) is 12.3 Å². The van der Waals surface area contributed by atoms with Crippen LogP contribution in [-0.2, 0) is 17.6 Å². The molecule has 1 aliphatic carbocycles. The third-order valence-corrected chi connectivity index (χ3v) is 4.71. The predicted octanol–water partition coefficient (Wildman–Crippen LogP) is 3.23. The lowest BCUT2D eigenvalue weighted by molar-refractivity contribution is 0.0520. The Morgan fingerprint density at radius 2 is 2.16 bits per heavy atom. The average molecular weight is 278 g/mol. The van der Waals surface area contributed by atoms with Crippen molar-refractivity contribution in [2.24, 2.45) is 0 Å². The number of hydrogen-bond donors (Lipinski definition) is 0. The van der Waals surface area contributed by atoms with Crippen molar-refractivity contribution < 1.29 is 9.53 Å². The van der Waals surface area contributed by atoms with E-state index in [1.54, 1.807) is 11.3 Å². The third kappa shape index (κ3) is 2.39. The number of hydrogen-bond acceptors (Lipinski definition) is 4. The molecule has 0 bridgehead atoms. The molecular weight excluding hydrogens is 260 g/mol. The van der Waals surface area contributed by atoms with Gasteiger partial charge in [-0.2, -0.15) is 0 Å². The van der Waals surface area contributed by atoms with Crippen molar-refractivity contribution in [1.29, 1.82) is 0 Å². The minimum Gasteiger partial charge on any atom is -0.461 e. The zero-order chi connectivity index (χ0) is 13.2. The van der Waals surface area contributed by atoms with E-state index in [2.05, 4.69) is 9.38 Å². The number of esters is 1. The highest BCUT2D eigenvalue weighted by Crippen LogP contribution is 2.29. The first kappa shape index (κ1) is 12.7. The highest BCUT2D eigenvalue weighted by Gasteiger charge is 2.19. The molecule has 0 saturated carbocycles. The van der Waals surface area contributed by atoms with Crippen LogP contribution < -0.4 is 0 Å². The van der Waals surface area contributed by atoms with Gasteiger partial charge in [0.15, 0.2) is 10.7 Å². The molecule has 0 radical (unpaired) electrons. The van der Waals surface area contributed by atoms with Crippen LogP contribution in [0.1, 0.15) is 53.7 Å². The molecule has 0 saturated heterocycles. The van der Waals surface area contributed by atoms with Crippen LogP contribution in [0.2, 0.25) is 0 Å². The lowest BCUT2D eigenvalue weighted by Gasteiger charge is -2.08. The third-order valence-electron chi connectivity index (χ3n) is 3.55. The zero-order valence-electron chi connectivity index (χ0n) is 11.1. The van der Waals surface area contributed by atoms with Crippen molar-refractivity contribution in [3.05, 3.63) is 22.5 Å². The lowest BCUT2D eigenvalue weighted by atomic mass is 10.0. The maximum absolute atomic E-state index is 11.7. The van der Waals surface area contributed by atoms with Gasteiger partial charge >= 0.3 is 5.97 Å². The van der Waals surface area contributed by atoms with Crippen LogP contribution in [0.4, 0.5) is 0 Å². The van der Waals surface area contributed by atoms with E-state index in [-0.39, 0.29) is 5.97 Å². The second-order valence-electron chi connectivity index (χ2n) is 4.89. The van der Waals surface area contributed by atoms with Crippen molar-refractivity contribution in [2.45, 2.75) is 45.4 Å². The average Bonchev–Trinajstić information content (AvgIpc) is 2.88. The first-order valence-electron chi connectivity index (χ1n) is 6.96. The number of rotatable bonds is 2. The molecule has 3 rings (SSSR count). The van der Waals surface area contributed by atoms with Crippen LogP contribution in [0.15, 0.2) is 6.20 Å². The minimum absolute atomic E-state index is 0.321. The topological polar surface area (TPSA) is 43.6 Å². The molecule has 1 aliphatic rings. The summed E-state index contributed by atoms with van der Waals surface area (Å²) < 4.78 is 7.10. The van der Waals surface area contributed by atoms with Gasteiger partial charge in [0, 0.05) is 16.8 Å². The Kier molecular flexibility index (Phi) is 3.55. The van der Waals surface area contributed by atoms with Crippen LogP contribution in [-0.4, -0.2) is 22.0 Å². The molecule has 5 heteroatoms. The van der Waals surface area contributed by atoms with Gasteiger partial charge in [-0.25, -0.2) is 9.78 Å². The Bertz CT molecular complexity index is 600. The van der Waals surface area contributed by atoms with Crippen molar-refractivity contribution in [1.82, 2.24) is 9.38 Å². The summed E-state index contributed by atoms with van der Waals surface area (Å²) in [6.07, 6.45) is 9.20. The van der Waals surface area contributed by atoms with Gasteiger partial charge in [-0.3, -0.25) is 4.40 Å². The van der Waals surface area contributed by atoms with Crippen LogP contribution in [0.5, 0.6) is 0 Å². The van der Waals surface area contributed by atoms with E-state index >= 15 is 0 Å². The monoisotopic (exact) mass is 278 g/mol. The SMILES string of the molecule is CCOC(=O)c1cn2c3c(sc2n1)CCCCCC3. The number of nitrogens with zero attached hydrogens (tertiary/aromatic N) is 2. The molecule has 2 aromatic rings. The summed E-state index contributed by atoms with van der Waals surface area (Å²) in [4.78, 5) is 18.5. The summed E-state index contributed by atoms with van der Waals surface area (Å²) in [5.41, 5.74) is 1.78. The van der Waals surface area contributed by atoms with Gasteiger partial charge in [-0.05, 0) is 32.6 Å². The van der Waals surface area contributed by atoms with E-state index in [4.69, 9.17) is 4.74 Å². The molecule has 0 spiro atoms. The maximum atomic E-state index is 11.7. The number of ether oxygens (including phenoxy) is 1. The smallest absolute Gasteiger partial charge is 0.358 e. The molecule has 2 aromatic heterocycles. The molecule has 0 aromatic carbocycles. The van der Waals surface area contributed by atoms with Gasteiger partial charge in [0.2, 0.25) is 0 Å². The molecule has 0 atom stereocenters. The minimum atomic E-state index is -0.321. The molecule has 0 unspecified atom stereocenters. The van der Waals surface area contributed by atoms with E-state index < -0.39 is 0 Å². The number of imidazole rings is 1. The highest BCUT2D eigenvalue weighted by atomic mass is 32.1. The number of aromatic nitrogens is 2. The summed E-state index contributed by atoms with van der Waals surface area (Å²) in [6.45, 7) is 2.20.